The van der Waals surface area contributed by atoms with Crippen LogP contribution in [0.2, 0.25) is 0 Å². The first-order valence-corrected chi connectivity index (χ1v) is 9.87. The molecule has 0 saturated carbocycles. The first kappa shape index (κ1) is 19.1. The molecule has 29 heavy (non-hydrogen) atoms. The second kappa shape index (κ2) is 8.39. The smallest absolute Gasteiger partial charge is 0.272 e. The highest BCUT2D eigenvalue weighted by molar-refractivity contribution is 6.01. The summed E-state index contributed by atoms with van der Waals surface area (Å²) in [5, 5.41) is 4.32. The van der Waals surface area contributed by atoms with Crippen LogP contribution in [0, 0.1) is 0 Å². The third-order valence-electron chi connectivity index (χ3n) is 5.23. The molecule has 6 heteroatoms. The molecular weight excluding hydrogens is 366 g/mol. The molecule has 0 aliphatic carbocycles. The number of pyridine rings is 1. The number of hydrogen-bond acceptors (Lipinski definition) is 5. The molecule has 0 bridgehead atoms. The van der Waals surface area contributed by atoms with Gasteiger partial charge in [-0.1, -0.05) is 6.07 Å². The van der Waals surface area contributed by atoms with Crippen molar-refractivity contribution in [3.05, 3.63) is 54.2 Å². The maximum absolute atomic E-state index is 13.1. The van der Waals surface area contributed by atoms with E-state index in [4.69, 9.17) is 9.47 Å². The van der Waals surface area contributed by atoms with Crippen LogP contribution >= 0.6 is 0 Å². The summed E-state index contributed by atoms with van der Waals surface area (Å²) in [5.41, 5.74) is 2.88. The van der Waals surface area contributed by atoms with Crippen molar-refractivity contribution in [1.82, 2.24) is 9.88 Å². The SMILES string of the molecule is COc1cccc(Nc2cc(C(=O)N3CCCCC3)nc3ccc(OC)cc23)c1. The van der Waals surface area contributed by atoms with Gasteiger partial charge in [0.2, 0.25) is 0 Å². The number of fused-ring (bicyclic) bond motifs is 1. The van der Waals surface area contributed by atoms with E-state index in [1.807, 2.05) is 53.4 Å². The quantitative estimate of drug-likeness (QED) is 0.687. The third kappa shape index (κ3) is 4.11. The summed E-state index contributed by atoms with van der Waals surface area (Å²) in [7, 11) is 3.28. The van der Waals surface area contributed by atoms with E-state index in [1.165, 1.54) is 6.42 Å². The summed E-state index contributed by atoms with van der Waals surface area (Å²) in [6.45, 7) is 1.58. The van der Waals surface area contributed by atoms with Crippen molar-refractivity contribution in [2.24, 2.45) is 0 Å². The number of nitrogens with one attached hydrogen (secondary N) is 1. The molecule has 1 saturated heterocycles. The van der Waals surface area contributed by atoms with Gasteiger partial charge in [-0.15, -0.1) is 0 Å². The van der Waals surface area contributed by atoms with Gasteiger partial charge in [0.05, 0.1) is 25.4 Å². The molecule has 0 atom stereocenters. The Morgan fingerprint density at radius 1 is 0.966 bits per heavy atom. The second-order valence-electron chi connectivity index (χ2n) is 7.15. The van der Waals surface area contributed by atoms with Crippen molar-refractivity contribution in [1.29, 1.82) is 0 Å². The summed E-state index contributed by atoms with van der Waals surface area (Å²) in [6.07, 6.45) is 3.27. The molecule has 1 amide bonds. The number of benzene rings is 2. The number of hydrogen-bond donors (Lipinski definition) is 1. The minimum Gasteiger partial charge on any atom is -0.497 e. The first-order valence-electron chi connectivity index (χ1n) is 9.87. The van der Waals surface area contributed by atoms with Crippen molar-refractivity contribution in [2.45, 2.75) is 19.3 Å². The lowest BCUT2D eigenvalue weighted by molar-refractivity contribution is 0.0719. The zero-order valence-electron chi connectivity index (χ0n) is 16.8. The Balaban J connectivity index is 1.77. The van der Waals surface area contributed by atoms with Crippen LogP contribution in [0.5, 0.6) is 11.5 Å². The molecule has 0 spiro atoms. The van der Waals surface area contributed by atoms with Gasteiger partial charge in [0, 0.05) is 30.2 Å². The van der Waals surface area contributed by atoms with E-state index in [0.717, 1.165) is 59.7 Å². The zero-order chi connectivity index (χ0) is 20.2. The molecule has 1 N–H and O–H groups in total. The fraction of sp³-hybridized carbons (Fsp3) is 0.304. The molecular formula is C23H25N3O3. The molecule has 1 aliphatic heterocycles. The molecule has 3 aromatic rings. The number of rotatable bonds is 5. The summed E-state index contributed by atoms with van der Waals surface area (Å²) in [4.78, 5) is 19.6. The van der Waals surface area contributed by atoms with E-state index in [1.54, 1.807) is 14.2 Å². The molecule has 2 aromatic carbocycles. The summed E-state index contributed by atoms with van der Waals surface area (Å²) in [6, 6.07) is 15.2. The van der Waals surface area contributed by atoms with Crippen molar-refractivity contribution in [3.63, 3.8) is 0 Å². The van der Waals surface area contributed by atoms with Gasteiger partial charge in [-0.2, -0.15) is 0 Å². The number of carbonyl (C=O) groups is 1. The van der Waals surface area contributed by atoms with Crippen molar-refractivity contribution in [2.75, 3.05) is 32.6 Å². The minimum absolute atomic E-state index is 0.0175. The van der Waals surface area contributed by atoms with Crippen LogP contribution in [0.3, 0.4) is 0 Å². The Kier molecular flexibility index (Phi) is 5.51. The second-order valence-corrected chi connectivity index (χ2v) is 7.15. The highest BCUT2D eigenvalue weighted by Gasteiger charge is 2.21. The van der Waals surface area contributed by atoms with E-state index in [-0.39, 0.29) is 5.91 Å². The normalized spacial score (nSPS) is 13.9. The minimum atomic E-state index is -0.0175. The molecule has 0 unspecified atom stereocenters. The van der Waals surface area contributed by atoms with Crippen molar-refractivity contribution < 1.29 is 14.3 Å². The van der Waals surface area contributed by atoms with Crippen LogP contribution in [0.15, 0.2) is 48.5 Å². The number of ether oxygens (including phenoxy) is 2. The summed E-state index contributed by atoms with van der Waals surface area (Å²) in [5.74, 6) is 1.48. The van der Waals surface area contributed by atoms with Gasteiger partial charge in [0.15, 0.2) is 0 Å². The molecule has 0 radical (unpaired) electrons. The van der Waals surface area contributed by atoms with Gasteiger partial charge in [0.1, 0.15) is 17.2 Å². The number of likely N-dealkylation sites (tertiary alicyclic amines) is 1. The standard InChI is InChI=1S/C23H25N3O3/c1-28-17-8-6-7-16(13-17)24-21-15-22(23(27)26-11-4-3-5-12-26)25-20-10-9-18(29-2)14-19(20)21/h6-10,13-15H,3-5,11-12H2,1-2H3,(H,24,25). The van der Waals surface area contributed by atoms with Gasteiger partial charge < -0.3 is 19.7 Å². The van der Waals surface area contributed by atoms with E-state index in [2.05, 4.69) is 10.3 Å². The van der Waals surface area contributed by atoms with Crippen LogP contribution in [0.4, 0.5) is 11.4 Å². The average molecular weight is 391 g/mol. The first-order chi connectivity index (χ1) is 14.2. The maximum Gasteiger partial charge on any atom is 0.272 e. The van der Waals surface area contributed by atoms with Crippen molar-refractivity contribution in [3.8, 4) is 11.5 Å². The van der Waals surface area contributed by atoms with Crippen LogP contribution in [0.25, 0.3) is 10.9 Å². The predicted molar refractivity (Wildman–Crippen MR) is 114 cm³/mol. The molecule has 4 rings (SSSR count). The summed E-state index contributed by atoms with van der Waals surface area (Å²) >= 11 is 0. The van der Waals surface area contributed by atoms with E-state index in [9.17, 15) is 4.79 Å². The van der Waals surface area contributed by atoms with Crippen LogP contribution < -0.4 is 14.8 Å². The molecule has 150 valence electrons. The highest BCUT2D eigenvalue weighted by Crippen LogP contribution is 2.31. The topological polar surface area (TPSA) is 63.7 Å². The molecule has 2 heterocycles. The van der Waals surface area contributed by atoms with Crippen LogP contribution in [0.1, 0.15) is 29.8 Å². The molecule has 6 nitrogen and oxygen atoms in total. The van der Waals surface area contributed by atoms with E-state index in [0.29, 0.717) is 5.69 Å². The lowest BCUT2D eigenvalue weighted by Gasteiger charge is -2.26. The lowest BCUT2D eigenvalue weighted by atomic mass is 10.1. The van der Waals surface area contributed by atoms with Gasteiger partial charge in [-0.25, -0.2) is 4.98 Å². The van der Waals surface area contributed by atoms with Crippen LogP contribution in [-0.2, 0) is 0 Å². The van der Waals surface area contributed by atoms with Gasteiger partial charge in [0.25, 0.3) is 5.91 Å². The van der Waals surface area contributed by atoms with Gasteiger partial charge in [-0.05, 0) is 55.7 Å². The number of aromatic nitrogens is 1. The number of nitrogens with zero attached hydrogens (tertiary/aromatic N) is 2. The number of piperidine rings is 1. The highest BCUT2D eigenvalue weighted by atomic mass is 16.5. The van der Waals surface area contributed by atoms with Crippen molar-refractivity contribution >= 4 is 28.2 Å². The Morgan fingerprint density at radius 2 is 1.72 bits per heavy atom. The molecule has 1 aliphatic rings. The third-order valence-corrected chi connectivity index (χ3v) is 5.23. The fourth-order valence-corrected chi connectivity index (χ4v) is 3.66. The molecule has 1 fully saturated rings. The maximum atomic E-state index is 13.1. The fourth-order valence-electron chi connectivity index (χ4n) is 3.66. The van der Waals surface area contributed by atoms with Gasteiger partial charge >= 0.3 is 0 Å². The molecule has 1 aromatic heterocycles. The summed E-state index contributed by atoms with van der Waals surface area (Å²) < 4.78 is 10.7. The Hall–Kier alpha value is -3.28. The lowest BCUT2D eigenvalue weighted by Crippen LogP contribution is -2.36. The number of carbonyl (C=O) groups excluding carboxylic acids is 1. The monoisotopic (exact) mass is 391 g/mol. The number of methoxy groups -OCH3 is 2. The number of amides is 1. The Labute approximate surface area is 170 Å². The van der Waals surface area contributed by atoms with Gasteiger partial charge in [-0.3, -0.25) is 4.79 Å². The van der Waals surface area contributed by atoms with Crippen LogP contribution in [-0.4, -0.2) is 43.1 Å². The predicted octanol–water partition coefficient (Wildman–Crippen LogP) is 4.62. The zero-order valence-corrected chi connectivity index (χ0v) is 16.8. The number of anilines is 2. The van der Waals surface area contributed by atoms with E-state index < -0.39 is 0 Å². The Bertz CT molecular complexity index is 1030. The average Bonchev–Trinajstić information content (AvgIpc) is 2.79. The Morgan fingerprint density at radius 3 is 2.48 bits per heavy atom. The van der Waals surface area contributed by atoms with E-state index >= 15 is 0 Å². The largest absolute Gasteiger partial charge is 0.497 e.